The molecule has 1 aliphatic rings. The van der Waals surface area contributed by atoms with Gasteiger partial charge in [0.25, 0.3) is 16.0 Å². The standard InChI is InChI=1S/C30H33N7O4S/c1-21-5-10-24(33-29(38)23-8-6-22(7-9-23)19-37-16-14-36(2)15-17-37)18-27(21)35-30-32-13-11-26(34-30)25-4-3-12-31-28(25)20-42(39,40)41/h3-13,18H,14-17,19-20H2,1-2H3,(H,33,38)(H,32,34,35)(H,39,40,41). The molecular formula is C30H33N7O4S. The summed E-state index contributed by atoms with van der Waals surface area (Å²) in [5, 5.41) is 6.14. The summed E-state index contributed by atoms with van der Waals surface area (Å²) in [4.78, 5) is 30.7. The molecule has 0 bridgehead atoms. The van der Waals surface area contributed by atoms with E-state index in [1.807, 2.05) is 43.3 Å². The van der Waals surface area contributed by atoms with Gasteiger partial charge in [0, 0.05) is 67.6 Å². The van der Waals surface area contributed by atoms with E-state index < -0.39 is 15.9 Å². The molecule has 3 heterocycles. The van der Waals surface area contributed by atoms with E-state index in [9.17, 15) is 17.8 Å². The molecule has 0 aliphatic carbocycles. The highest BCUT2D eigenvalue weighted by atomic mass is 32.2. The number of amides is 1. The highest BCUT2D eigenvalue weighted by Crippen LogP contribution is 2.26. The summed E-state index contributed by atoms with van der Waals surface area (Å²) in [6.07, 6.45) is 3.00. The first-order valence-corrected chi connectivity index (χ1v) is 15.2. The van der Waals surface area contributed by atoms with Crippen LogP contribution in [-0.4, -0.2) is 76.9 Å². The SMILES string of the molecule is Cc1ccc(NC(=O)c2ccc(CN3CCN(C)CC3)cc2)cc1Nc1nccc(-c2cccnc2CS(=O)(=O)O)n1. The number of piperazine rings is 1. The Balaban J connectivity index is 1.27. The molecule has 0 spiro atoms. The molecule has 0 radical (unpaired) electrons. The zero-order chi connectivity index (χ0) is 29.7. The third-order valence-electron chi connectivity index (χ3n) is 7.10. The first-order valence-electron chi connectivity index (χ1n) is 13.5. The van der Waals surface area contributed by atoms with Crippen molar-refractivity contribution in [2.75, 3.05) is 43.9 Å². The smallest absolute Gasteiger partial charge is 0.270 e. The van der Waals surface area contributed by atoms with E-state index in [1.165, 1.54) is 11.8 Å². The molecule has 2 aromatic heterocycles. The molecule has 0 unspecified atom stereocenters. The normalized spacial score (nSPS) is 14.5. The third-order valence-corrected chi connectivity index (χ3v) is 7.74. The van der Waals surface area contributed by atoms with Crippen LogP contribution in [0.2, 0.25) is 0 Å². The van der Waals surface area contributed by atoms with Crippen molar-refractivity contribution in [3.8, 4) is 11.3 Å². The third kappa shape index (κ3) is 7.74. The lowest BCUT2D eigenvalue weighted by Crippen LogP contribution is -2.43. The average molecular weight is 588 g/mol. The second-order valence-corrected chi connectivity index (χ2v) is 11.8. The maximum Gasteiger partial charge on any atom is 0.270 e. The van der Waals surface area contributed by atoms with Crippen molar-refractivity contribution < 1.29 is 17.8 Å². The molecule has 1 saturated heterocycles. The van der Waals surface area contributed by atoms with E-state index in [0.29, 0.717) is 28.2 Å². The Bertz CT molecular complexity index is 1670. The highest BCUT2D eigenvalue weighted by molar-refractivity contribution is 7.85. The fraction of sp³-hybridized carbons (Fsp3) is 0.267. The number of nitrogens with zero attached hydrogens (tertiary/aromatic N) is 5. The predicted octanol–water partition coefficient (Wildman–Crippen LogP) is 3.98. The Kier molecular flexibility index (Phi) is 8.88. The average Bonchev–Trinajstić information content (AvgIpc) is 2.96. The maximum atomic E-state index is 13.0. The number of carbonyl (C=O) groups excluding carboxylic acids is 1. The number of rotatable bonds is 9. The number of likely N-dealkylation sites (N-methyl/N-ethyl adjacent to an activating group) is 1. The van der Waals surface area contributed by atoms with E-state index >= 15 is 0 Å². The summed E-state index contributed by atoms with van der Waals surface area (Å²) < 4.78 is 32.2. The highest BCUT2D eigenvalue weighted by Gasteiger charge is 2.16. The maximum absolute atomic E-state index is 13.0. The molecule has 0 atom stereocenters. The van der Waals surface area contributed by atoms with Gasteiger partial charge in [-0.3, -0.25) is 19.2 Å². The van der Waals surface area contributed by atoms with Crippen molar-refractivity contribution in [2.24, 2.45) is 0 Å². The lowest BCUT2D eigenvalue weighted by molar-refractivity contribution is 0.102. The van der Waals surface area contributed by atoms with Crippen molar-refractivity contribution >= 4 is 33.3 Å². The molecule has 4 aromatic rings. The Morgan fingerprint density at radius 1 is 0.976 bits per heavy atom. The fourth-order valence-corrected chi connectivity index (χ4v) is 5.29. The van der Waals surface area contributed by atoms with E-state index in [-0.39, 0.29) is 17.5 Å². The number of nitrogens with one attached hydrogen (secondary N) is 2. The largest absolute Gasteiger partial charge is 0.324 e. The molecule has 12 heteroatoms. The molecule has 2 aromatic carbocycles. The molecule has 1 aliphatic heterocycles. The van der Waals surface area contributed by atoms with Crippen molar-refractivity contribution in [2.45, 2.75) is 19.2 Å². The van der Waals surface area contributed by atoms with Crippen molar-refractivity contribution in [3.05, 3.63) is 95.4 Å². The minimum absolute atomic E-state index is 0.179. The second-order valence-electron chi connectivity index (χ2n) is 10.4. The lowest BCUT2D eigenvalue weighted by Gasteiger charge is -2.32. The molecule has 3 N–H and O–H groups in total. The number of benzene rings is 2. The van der Waals surface area contributed by atoms with E-state index in [0.717, 1.165) is 38.3 Å². The summed E-state index contributed by atoms with van der Waals surface area (Å²) in [6, 6.07) is 18.2. The fourth-order valence-electron chi connectivity index (χ4n) is 4.71. The van der Waals surface area contributed by atoms with Gasteiger partial charge in [-0.15, -0.1) is 0 Å². The Morgan fingerprint density at radius 3 is 2.48 bits per heavy atom. The molecule has 218 valence electrons. The van der Waals surface area contributed by atoms with Gasteiger partial charge in [0.1, 0.15) is 5.75 Å². The summed E-state index contributed by atoms with van der Waals surface area (Å²) in [6.45, 7) is 6.99. The van der Waals surface area contributed by atoms with E-state index in [2.05, 4.69) is 42.4 Å². The zero-order valence-electron chi connectivity index (χ0n) is 23.5. The quantitative estimate of drug-likeness (QED) is 0.246. The van der Waals surface area contributed by atoms with E-state index in [1.54, 1.807) is 30.5 Å². The summed E-state index contributed by atoms with van der Waals surface area (Å²) in [5.74, 6) is -0.565. The van der Waals surface area contributed by atoms with Gasteiger partial charge in [-0.25, -0.2) is 9.97 Å². The first-order chi connectivity index (χ1) is 20.1. The van der Waals surface area contributed by atoms with Crippen LogP contribution in [-0.2, 0) is 22.4 Å². The van der Waals surface area contributed by atoms with Crippen LogP contribution in [0.4, 0.5) is 17.3 Å². The Hall–Kier alpha value is -4.23. The van der Waals surface area contributed by atoms with Crippen molar-refractivity contribution in [1.82, 2.24) is 24.8 Å². The van der Waals surface area contributed by atoms with Gasteiger partial charge in [-0.1, -0.05) is 18.2 Å². The number of anilines is 3. The van der Waals surface area contributed by atoms with Crippen LogP contribution in [0.3, 0.4) is 0 Å². The van der Waals surface area contributed by atoms with Crippen LogP contribution >= 0.6 is 0 Å². The molecule has 11 nitrogen and oxygen atoms in total. The van der Waals surface area contributed by atoms with Crippen LogP contribution in [0.5, 0.6) is 0 Å². The minimum atomic E-state index is -4.28. The number of aromatic nitrogens is 3. The lowest BCUT2D eigenvalue weighted by atomic mass is 10.1. The number of hydrogen-bond donors (Lipinski definition) is 3. The molecule has 1 fully saturated rings. The predicted molar refractivity (Wildman–Crippen MR) is 162 cm³/mol. The Labute approximate surface area is 245 Å². The number of carbonyl (C=O) groups is 1. The molecule has 42 heavy (non-hydrogen) atoms. The zero-order valence-corrected chi connectivity index (χ0v) is 24.3. The van der Waals surface area contributed by atoms with Gasteiger partial charge in [-0.05, 0) is 67.6 Å². The number of aryl methyl sites for hydroxylation is 1. The first kappa shape index (κ1) is 29.3. The van der Waals surface area contributed by atoms with Gasteiger partial charge in [0.2, 0.25) is 5.95 Å². The summed E-state index contributed by atoms with van der Waals surface area (Å²) in [5.41, 5.74) is 5.04. The van der Waals surface area contributed by atoms with Crippen LogP contribution in [0.1, 0.15) is 27.2 Å². The van der Waals surface area contributed by atoms with Gasteiger partial charge < -0.3 is 15.5 Å². The van der Waals surface area contributed by atoms with Crippen LogP contribution in [0.25, 0.3) is 11.3 Å². The number of hydrogen-bond acceptors (Lipinski definition) is 9. The van der Waals surface area contributed by atoms with Crippen LogP contribution in [0, 0.1) is 6.92 Å². The van der Waals surface area contributed by atoms with Gasteiger partial charge >= 0.3 is 0 Å². The molecule has 0 saturated carbocycles. The monoisotopic (exact) mass is 587 g/mol. The van der Waals surface area contributed by atoms with Crippen molar-refractivity contribution in [1.29, 1.82) is 0 Å². The second kappa shape index (κ2) is 12.7. The summed E-state index contributed by atoms with van der Waals surface area (Å²) in [7, 11) is -2.14. The number of pyridine rings is 1. The minimum Gasteiger partial charge on any atom is -0.324 e. The summed E-state index contributed by atoms with van der Waals surface area (Å²) >= 11 is 0. The van der Waals surface area contributed by atoms with Gasteiger partial charge in [-0.2, -0.15) is 8.42 Å². The molecular weight excluding hydrogens is 554 g/mol. The van der Waals surface area contributed by atoms with Gasteiger partial charge in [0.15, 0.2) is 0 Å². The molecule has 1 amide bonds. The van der Waals surface area contributed by atoms with Crippen LogP contribution in [0.15, 0.2) is 73.1 Å². The van der Waals surface area contributed by atoms with Crippen LogP contribution < -0.4 is 10.6 Å². The Morgan fingerprint density at radius 2 is 1.74 bits per heavy atom. The molecule has 5 rings (SSSR count). The van der Waals surface area contributed by atoms with Gasteiger partial charge in [0.05, 0.1) is 11.4 Å². The van der Waals surface area contributed by atoms with Crippen molar-refractivity contribution in [3.63, 3.8) is 0 Å². The topological polar surface area (TPSA) is 141 Å². The van der Waals surface area contributed by atoms with E-state index in [4.69, 9.17) is 0 Å².